The molecule has 0 saturated carbocycles. The van der Waals surface area contributed by atoms with Crippen molar-refractivity contribution in [3.8, 4) is 0 Å². The molecule has 19 heavy (non-hydrogen) atoms. The number of carbonyl (C=O) groups is 2. The summed E-state index contributed by atoms with van der Waals surface area (Å²) in [5.41, 5.74) is 0.146. The molecule has 100 valence electrons. The summed E-state index contributed by atoms with van der Waals surface area (Å²) in [5, 5.41) is 16.0. The van der Waals surface area contributed by atoms with Gasteiger partial charge in [0, 0.05) is 12.3 Å². The standard InChI is InChI=1S/C11H11N3O5/c1-2-18-11(17)7-4-12-14(5-7)6-8-3-9(10(15)16)13-19-8/h3-5H,2,6H2,1H3,(H,15,16). The van der Waals surface area contributed by atoms with Gasteiger partial charge in [0.25, 0.3) is 0 Å². The number of aromatic carboxylic acids is 1. The van der Waals surface area contributed by atoms with Crippen LogP contribution in [0.3, 0.4) is 0 Å². The third kappa shape index (κ3) is 2.97. The van der Waals surface area contributed by atoms with E-state index in [0.717, 1.165) is 0 Å². The van der Waals surface area contributed by atoms with Gasteiger partial charge in [0.1, 0.15) is 6.54 Å². The Bertz CT molecular complexity index is 601. The zero-order chi connectivity index (χ0) is 13.8. The number of carboxylic acids is 1. The first-order chi connectivity index (χ1) is 9.10. The SMILES string of the molecule is CCOC(=O)c1cnn(Cc2cc(C(=O)O)no2)c1. The molecule has 8 heteroatoms. The molecular weight excluding hydrogens is 254 g/mol. The van der Waals surface area contributed by atoms with Crippen LogP contribution in [0.2, 0.25) is 0 Å². The molecule has 0 aromatic carbocycles. The molecule has 2 aromatic heterocycles. The molecule has 0 saturated heterocycles. The summed E-state index contributed by atoms with van der Waals surface area (Å²) in [4.78, 5) is 22.0. The van der Waals surface area contributed by atoms with Crippen molar-refractivity contribution in [1.82, 2.24) is 14.9 Å². The Kier molecular flexibility index (Phi) is 3.60. The molecule has 0 unspecified atom stereocenters. The molecule has 0 spiro atoms. The van der Waals surface area contributed by atoms with Crippen LogP contribution >= 0.6 is 0 Å². The van der Waals surface area contributed by atoms with Crippen LogP contribution in [-0.4, -0.2) is 38.6 Å². The van der Waals surface area contributed by atoms with E-state index >= 15 is 0 Å². The van der Waals surface area contributed by atoms with Crippen molar-refractivity contribution in [2.45, 2.75) is 13.5 Å². The molecule has 0 bridgehead atoms. The maximum Gasteiger partial charge on any atom is 0.358 e. The van der Waals surface area contributed by atoms with Crippen LogP contribution < -0.4 is 0 Å². The molecule has 0 fully saturated rings. The van der Waals surface area contributed by atoms with E-state index in [2.05, 4.69) is 10.3 Å². The molecule has 0 aliphatic heterocycles. The van der Waals surface area contributed by atoms with Crippen LogP contribution in [0.1, 0.15) is 33.5 Å². The van der Waals surface area contributed by atoms with Crippen LogP contribution in [0, 0.1) is 0 Å². The lowest BCUT2D eigenvalue weighted by molar-refractivity contribution is 0.0525. The van der Waals surface area contributed by atoms with Gasteiger partial charge >= 0.3 is 11.9 Å². The van der Waals surface area contributed by atoms with Gasteiger partial charge in [-0.15, -0.1) is 0 Å². The number of hydrogen-bond donors (Lipinski definition) is 1. The van der Waals surface area contributed by atoms with Gasteiger partial charge in [0.2, 0.25) is 0 Å². The molecule has 2 heterocycles. The summed E-state index contributed by atoms with van der Waals surface area (Å²) < 4.78 is 11.1. The topological polar surface area (TPSA) is 107 Å². The fourth-order valence-electron chi connectivity index (χ4n) is 1.42. The van der Waals surface area contributed by atoms with Crippen molar-refractivity contribution in [2.75, 3.05) is 6.61 Å². The molecule has 0 aliphatic carbocycles. The van der Waals surface area contributed by atoms with E-state index in [4.69, 9.17) is 14.4 Å². The van der Waals surface area contributed by atoms with Crippen LogP contribution in [0.5, 0.6) is 0 Å². The molecule has 2 rings (SSSR count). The first kappa shape index (κ1) is 12.8. The summed E-state index contributed by atoms with van der Waals surface area (Å²) >= 11 is 0. The second kappa shape index (κ2) is 5.34. The third-order valence-corrected chi connectivity index (χ3v) is 2.24. The van der Waals surface area contributed by atoms with Gasteiger partial charge in [-0.3, -0.25) is 4.68 Å². The van der Waals surface area contributed by atoms with Crippen LogP contribution in [0.15, 0.2) is 23.0 Å². The largest absolute Gasteiger partial charge is 0.476 e. The Morgan fingerprint density at radius 2 is 2.32 bits per heavy atom. The highest BCUT2D eigenvalue weighted by molar-refractivity contribution is 5.88. The molecular formula is C11H11N3O5. The predicted octanol–water partition coefficient (Wildman–Crippen LogP) is 0.794. The number of rotatable bonds is 5. The lowest BCUT2D eigenvalue weighted by Crippen LogP contribution is -2.03. The minimum absolute atomic E-state index is 0.173. The van der Waals surface area contributed by atoms with Crippen LogP contribution in [0.4, 0.5) is 0 Å². The van der Waals surface area contributed by atoms with Crippen molar-refractivity contribution in [3.05, 3.63) is 35.5 Å². The summed E-state index contributed by atoms with van der Waals surface area (Å²) in [7, 11) is 0. The zero-order valence-corrected chi connectivity index (χ0v) is 10.1. The second-order valence-electron chi connectivity index (χ2n) is 3.63. The van der Waals surface area contributed by atoms with Crippen LogP contribution in [-0.2, 0) is 11.3 Å². The Labute approximate surface area is 107 Å². The zero-order valence-electron chi connectivity index (χ0n) is 10.1. The highest BCUT2D eigenvalue weighted by Crippen LogP contribution is 2.07. The smallest absolute Gasteiger partial charge is 0.358 e. The fraction of sp³-hybridized carbons (Fsp3) is 0.273. The molecule has 0 amide bonds. The van der Waals surface area contributed by atoms with Crippen molar-refractivity contribution in [3.63, 3.8) is 0 Å². The summed E-state index contributed by atoms with van der Waals surface area (Å²) in [6, 6.07) is 1.30. The fourth-order valence-corrected chi connectivity index (χ4v) is 1.42. The molecule has 8 nitrogen and oxygen atoms in total. The number of aromatic nitrogens is 3. The predicted molar refractivity (Wildman–Crippen MR) is 60.7 cm³/mol. The van der Waals surface area contributed by atoms with Crippen LogP contribution in [0.25, 0.3) is 0 Å². The summed E-state index contributed by atoms with van der Waals surface area (Å²) in [6.45, 7) is 2.18. The van der Waals surface area contributed by atoms with Gasteiger partial charge in [-0.05, 0) is 6.92 Å². The van der Waals surface area contributed by atoms with E-state index in [0.29, 0.717) is 11.3 Å². The van der Waals surface area contributed by atoms with E-state index in [1.165, 1.54) is 23.1 Å². The lowest BCUT2D eigenvalue weighted by Gasteiger charge is -1.97. The number of hydrogen-bond acceptors (Lipinski definition) is 6. The second-order valence-corrected chi connectivity index (χ2v) is 3.63. The van der Waals surface area contributed by atoms with Crippen molar-refractivity contribution in [1.29, 1.82) is 0 Å². The van der Waals surface area contributed by atoms with Gasteiger partial charge in [0.15, 0.2) is 11.5 Å². The molecule has 0 atom stereocenters. The van der Waals surface area contributed by atoms with E-state index in [1.54, 1.807) is 6.92 Å². The van der Waals surface area contributed by atoms with E-state index in [1.807, 2.05) is 0 Å². The maximum absolute atomic E-state index is 11.4. The molecule has 2 aromatic rings. The number of carbonyl (C=O) groups excluding carboxylic acids is 1. The number of esters is 1. The maximum atomic E-state index is 11.4. The van der Waals surface area contributed by atoms with Crippen molar-refractivity contribution >= 4 is 11.9 Å². The van der Waals surface area contributed by atoms with Gasteiger partial charge in [0.05, 0.1) is 18.4 Å². The monoisotopic (exact) mass is 265 g/mol. The minimum atomic E-state index is -1.16. The summed E-state index contributed by atoms with van der Waals surface area (Å²) in [5.74, 6) is -1.30. The minimum Gasteiger partial charge on any atom is -0.476 e. The third-order valence-electron chi connectivity index (χ3n) is 2.24. The lowest BCUT2D eigenvalue weighted by atomic mass is 10.3. The molecule has 1 N–H and O–H groups in total. The molecule has 0 aliphatic rings. The number of ether oxygens (including phenoxy) is 1. The normalized spacial score (nSPS) is 10.4. The van der Waals surface area contributed by atoms with Gasteiger partial charge < -0.3 is 14.4 Å². The Morgan fingerprint density at radius 1 is 1.53 bits per heavy atom. The highest BCUT2D eigenvalue weighted by atomic mass is 16.5. The average Bonchev–Trinajstić information content (AvgIpc) is 2.99. The van der Waals surface area contributed by atoms with Crippen molar-refractivity contribution in [2.24, 2.45) is 0 Å². The quantitative estimate of drug-likeness (QED) is 0.796. The number of nitrogens with zero attached hydrogens (tertiary/aromatic N) is 3. The Balaban J connectivity index is 2.06. The first-order valence-corrected chi connectivity index (χ1v) is 5.48. The Morgan fingerprint density at radius 3 is 2.95 bits per heavy atom. The van der Waals surface area contributed by atoms with E-state index < -0.39 is 11.9 Å². The summed E-state index contributed by atoms with van der Waals surface area (Å²) in [6.07, 6.45) is 2.85. The van der Waals surface area contributed by atoms with E-state index in [-0.39, 0.29) is 18.8 Å². The number of carboxylic acid groups (broad SMARTS) is 1. The van der Waals surface area contributed by atoms with Crippen molar-refractivity contribution < 1.29 is 24.0 Å². The first-order valence-electron chi connectivity index (χ1n) is 5.48. The highest BCUT2D eigenvalue weighted by Gasteiger charge is 2.13. The Hall–Kier alpha value is -2.64. The average molecular weight is 265 g/mol. The van der Waals surface area contributed by atoms with E-state index in [9.17, 15) is 9.59 Å². The molecule has 0 radical (unpaired) electrons. The van der Waals surface area contributed by atoms with Gasteiger partial charge in [-0.25, -0.2) is 9.59 Å². The van der Waals surface area contributed by atoms with Gasteiger partial charge in [-0.2, -0.15) is 5.10 Å². The van der Waals surface area contributed by atoms with Gasteiger partial charge in [-0.1, -0.05) is 5.16 Å².